The zero-order chi connectivity index (χ0) is 15.2. The van der Waals surface area contributed by atoms with Crippen molar-refractivity contribution in [3.63, 3.8) is 0 Å². The topological polar surface area (TPSA) is 41.1 Å². The summed E-state index contributed by atoms with van der Waals surface area (Å²) in [5, 5.41) is 3.51. The zero-order valence-electron chi connectivity index (χ0n) is 13.5. The summed E-state index contributed by atoms with van der Waals surface area (Å²) in [7, 11) is 4.29. The maximum Gasteiger partial charge on any atom is 0.0890 e. The Morgan fingerprint density at radius 3 is 2.52 bits per heavy atom. The number of nitrogens with one attached hydrogen (secondary N) is 1. The van der Waals surface area contributed by atoms with Gasteiger partial charge in [0, 0.05) is 19.1 Å². The maximum atomic E-state index is 4.64. The Morgan fingerprint density at radius 2 is 1.86 bits per heavy atom. The molecule has 0 saturated heterocycles. The first kappa shape index (κ1) is 15.9. The van der Waals surface area contributed by atoms with Crippen molar-refractivity contribution in [2.45, 2.75) is 32.9 Å². The molecule has 2 aromatic rings. The van der Waals surface area contributed by atoms with Crippen molar-refractivity contribution in [3.8, 4) is 0 Å². The Balaban J connectivity index is 1.91. The lowest BCUT2D eigenvalue weighted by Crippen LogP contribution is -2.38. The fourth-order valence-corrected chi connectivity index (χ4v) is 2.47. The number of aromatic nitrogens is 2. The van der Waals surface area contributed by atoms with Gasteiger partial charge >= 0.3 is 0 Å². The molecule has 1 atom stereocenters. The number of fused-ring (bicyclic) bond motifs is 1. The highest BCUT2D eigenvalue weighted by atomic mass is 15.1. The average Bonchev–Trinajstić information content (AvgIpc) is 2.45. The molecular weight excluding hydrogens is 260 g/mol. The molecule has 0 aliphatic rings. The van der Waals surface area contributed by atoms with Crippen molar-refractivity contribution in [1.29, 1.82) is 0 Å². The van der Waals surface area contributed by atoms with E-state index in [-0.39, 0.29) is 0 Å². The predicted octanol–water partition coefficient (Wildman–Crippen LogP) is 2.70. The summed E-state index contributed by atoms with van der Waals surface area (Å²) in [5.41, 5.74) is 2.91. The quantitative estimate of drug-likeness (QED) is 0.849. The van der Waals surface area contributed by atoms with Crippen molar-refractivity contribution in [2.24, 2.45) is 5.92 Å². The molecule has 4 heteroatoms. The Morgan fingerprint density at radius 1 is 1.14 bits per heavy atom. The van der Waals surface area contributed by atoms with Crippen LogP contribution in [0, 0.1) is 5.92 Å². The van der Waals surface area contributed by atoms with Crippen LogP contribution in [0.3, 0.4) is 0 Å². The van der Waals surface area contributed by atoms with Crippen molar-refractivity contribution in [1.82, 2.24) is 20.2 Å². The first-order valence-electron chi connectivity index (χ1n) is 7.64. The molecule has 0 fully saturated rings. The molecule has 1 heterocycles. The summed E-state index contributed by atoms with van der Waals surface area (Å²) < 4.78 is 0. The first-order valence-corrected chi connectivity index (χ1v) is 7.64. The van der Waals surface area contributed by atoms with Crippen LogP contribution in [0.4, 0.5) is 0 Å². The van der Waals surface area contributed by atoms with Gasteiger partial charge in [-0.1, -0.05) is 26.0 Å². The van der Waals surface area contributed by atoms with E-state index in [4.69, 9.17) is 0 Å². The third kappa shape index (κ3) is 4.76. The normalized spacial score (nSPS) is 13.2. The second kappa shape index (κ2) is 7.48. The van der Waals surface area contributed by atoms with Gasteiger partial charge in [0.1, 0.15) is 0 Å². The van der Waals surface area contributed by atoms with E-state index in [0.29, 0.717) is 12.0 Å². The van der Waals surface area contributed by atoms with Crippen LogP contribution >= 0.6 is 0 Å². The van der Waals surface area contributed by atoms with Gasteiger partial charge in [-0.05, 0) is 38.6 Å². The Bertz CT molecular complexity index is 565. The van der Waals surface area contributed by atoms with E-state index in [1.807, 2.05) is 30.5 Å². The molecule has 1 aromatic heterocycles. The van der Waals surface area contributed by atoms with Gasteiger partial charge in [-0.25, -0.2) is 4.98 Å². The van der Waals surface area contributed by atoms with Crippen LogP contribution in [-0.4, -0.2) is 41.5 Å². The molecule has 0 amide bonds. The van der Waals surface area contributed by atoms with Gasteiger partial charge in [-0.3, -0.25) is 4.98 Å². The summed E-state index contributed by atoms with van der Waals surface area (Å²) in [6, 6.07) is 8.54. The monoisotopic (exact) mass is 286 g/mol. The van der Waals surface area contributed by atoms with Gasteiger partial charge in [0.25, 0.3) is 0 Å². The van der Waals surface area contributed by atoms with Crippen molar-refractivity contribution in [2.75, 3.05) is 20.6 Å². The molecule has 0 aliphatic carbocycles. The van der Waals surface area contributed by atoms with Gasteiger partial charge < -0.3 is 10.2 Å². The van der Waals surface area contributed by atoms with Crippen molar-refractivity contribution >= 4 is 11.0 Å². The standard InChI is InChI=1S/C17H26N4/c1-13(2)9-15(21(3)4)12-18-10-14-11-19-16-7-5-6-8-17(16)20-14/h5-8,11,13,15,18H,9-10,12H2,1-4H3. The average molecular weight is 286 g/mol. The predicted molar refractivity (Wildman–Crippen MR) is 88.2 cm³/mol. The van der Waals surface area contributed by atoms with Gasteiger partial charge in [0.05, 0.1) is 22.9 Å². The molecule has 21 heavy (non-hydrogen) atoms. The second-order valence-electron chi connectivity index (χ2n) is 6.23. The lowest BCUT2D eigenvalue weighted by atomic mass is 10.0. The highest BCUT2D eigenvalue weighted by Gasteiger charge is 2.12. The van der Waals surface area contributed by atoms with E-state index in [9.17, 15) is 0 Å². The molecule has 0 aliphatic heterocycles. The summed E-state index contributed by atoms with van der Waals surface area (Å²) in [5.74, 6) is 0.708. The summed E-state index contributed by atoms with van der Waals surface area (Å²) >= 11 is 0. The lowest BCUT2D eigenvalue weighted by molar-refractivity contribution is 0.246. The van der Waals surface area contributed by atoms with E-state index in [0.717, 1.165) is 29.8 Å². The smallest absolute Gasteiger partial charge is 0.0890 e. The molecule has 0 spiro atoms. The second-order valence-corrected chi connectivity index (χ2v) is 6.23. The molecule has 114 valence electrons. The Hall–Kier alpha value is -1.52. The minimum Gasteiger partial charge on any atom is -0.310 e. The summed E-state index contributed by atoms with van der Waals surface area (Å²) in [6.07, 6.45) is 3.06. The third-order valence-electron chi connectivity index (χ3n) is 3.66. The van der Waals surface area contributed by atoms with E-state index < -0.39 is 0 Å². The molecule has 4 nitrogen and oxygen atoms in total. The molecule has 1 aromatic carbocycles. The van der Waals surface area contributed by atoms with Crippen LogP contribution in [0.25, 0.3) is 11.0 Å². The van der Waals surface area contributed by atoms with Gasteiger partial charge in [0.15, 0.2) is 0 Å². The van der Waals surface area contributed by atoms with E-state index in [1.54, 1.807) is 0 Å². The number of benzene rings is 1. The number of para-hydroxylation sites is 2. The number of rotatable bonds is 7. The molecule has 0 bridgehead atoms. The highest BCUT2D eigenvalue weighted by Crippen LogP contribution is 2.10. The van der Waals surface area contributed by atoms with Crippen LogP contribution in [0.5, 0.6) is 0 Å². The van der Waals surface area contributed by atoms with E-state index >= 15 is 0 Å². The van der Waals surface area contributed by atoms with Gasteiger partial charge in [0.2, 0.25) is 0 Å². The minimum absolute atomic E-state index is 0.554. The highest BCUT2D eigenvalue weighted by molar-refractivity contribution is 5.73. The van der Waals surface area contributed by atoms with Crippen LogP contribution in [0.2, 0.25) is 0 Å². The number of hydrogen-bond acceptors (Lipinski definition) is 4. The Labute approximate surface area is 127 Å². The van der Waals surface area contributed by atoms with E-state index in [2.05, 4.69) is 48.1 Å². The van der Waals surface area contributed by atoms with Crippen molar-refractivity contribution in [3.05, 3.63) is 36.2 Å². The van der Waals surface area contributed by atoms with E-state index in [1.165, 1.54) is 6.42 Å². The minimum atomic E-state index is 0.554. The maximum absolute atomic E-state index is 4.64. The Kier molecular flexibility index (Phi) is 5.65. The molecule has 2 rings (SSSR count). The number of hydrogen-bond donors (Lipinski definition) is 1. The SMILES string of the molecule is CC(C)CC(CNCc1cnc2ccccc2n1)N(C)C. The molecule has 1 unspecified atom stereocenters. The zero-order valence-corrected chi connectivity index (χ0v) is 13.5. The summed E-state index contributed by atoms with van der Waals surface area (Å²) in [6.45, 7) is 6.27. The first-order chi connectivity index (χ1) is 10.1. The molecule has 0 radical (unpaired) electrons. The van der Waals surface area contributed by atoms with Crippen LogP contribution in [0.15, 0.2) is 30.5 Å². The van der Waals surface area contributed by atoms with Crippen LogP contribution < -0.4 is 5.32 Å². The van der Waals surface area contributed by atoms with Gasteiger partial charge in [-0.15, -0.1) is 0 Å². The third-order valence-corrected chi connectivity index (χ3v) is 3.66. The van der Waals surface area contributed by atoms with Crippen LogP contribution in [0.1, 0.15) is 26.0 Å². The molecule has 1 N–H and O–H groups in total. The number of nitrogens with zero attached hydrogens (tertiary/aromatic N) is 3. The molecule has 0 saturated carbocycles. The van der Waals surface area contributed by atoms with Crippen LogP contribution in [-0.2, 0) is 6.54 Å². The fraction of sp³-hybridized carbons (Fsp3) is 0.529. The lowest BCUT2D eigenvalue weighted by Gasteiger charge is -2.26. The summed E-state index contributed by atoms with van der Waals surface area (Å²) in [4.78, 5) is 11.4. The fourth-order valence-electron chi connectivity index (χ4n) is 2.47. The van der Waals surface area contributed by atoms with Gasteiger partial charge in [-0.2, -0.15) is 0 Å². The molecular formula is C17H26N4. The van der Waals surface area contributed by atoms with Crippen molar-refractivity contribution < 1.29 is 0 Å². The number of likely N-dealkylation sites (N-methyl/N-ethyl adjacent to an activating group) is 1. The largest absolute Gasteiger partial charge is 0.310 e.